The van der Waals surface area contributed by atoms with Crippen LogP contribution in [-0.2, 0) is 6.54 Å². The summed E-state index contributed by atoms with van der Waals surface area (Å²) in [5.41, 5.74) is 0.995. The molecule has 21 heavy (non-hydrogen) atoms. The minimum Gasteiger partial charge on any atom is -0.438 e. The molecule has 0 aliphatic rings. The molecule has 1 aromatic heterocycles. The Morgan fingerprint density at radius 1 is 1.14 bits per heavy atom. The predicted octanol–water partition coefficient (Wildman–Crippen LogP) is 4.34. The van der Waals surface area contributed by atoms with E-state index in [2.05, 4.69) is 24.1 Å². The lowest BCUT2D eigenvalue weighted by Gasteiger charge is -2.10. The molecule has 0 atom stereocenters. The summed E-state index contributed by atoms with van der Waals surface area (Å²) in [6.45, 7) is 6.14. The minimum absolute atomic E-state index is 0.637. The number of ether oxygens (including phenoxy) is 1. The maximum absolute atomic E-state index is 5.91. The molecular weight excluding hydrogens is 280 g/mol. The van der Waals surface area contributed by atoms with E-state index in [1.54, 1.807) is 11.8 Å². The van der Waals surface area contributed by atoms with Gasteiger partial charge in [-0.3, -0.25) is 0 Å². The zero-order chi connectivity index (χ0) is 15.1. The highest BCUT2D eigenvalue weighted by atomic mass is 32.2. The number of hydrogen-bond donors (Lipinski definition) is 1. The lowest BCUT2D eigenvalue weighted by Crippen LogP contribution is -2.19. The number of nitrogens with zero attached hydrogens (tertiary/aromatic N) is 1. The average molecular weight is 302 g/mol. The fourth-order valence-electron chi connectivity index (χ4n) is 1.92. The second-order valence-electron chi connectivity index (χ2n) is 5.24. The van der Waals surface area contributed by atoms with Crippen LogP contribution in [0, 0.1) is 5.92 Å². The van der Waals surface area contributed by atoms with Gasteiger partial charge in [-0.1, -0.05) is 32.0 Å². The Morgan fingerprint density at radius 3 is 2.71 bits per heavy atom. The van der Waals surface area contributed by atoms with Gasteiger partial charge in [-0.05, 0) is 36.9 Å². The number of pyridine rings is 1. The van der Waals surface area contributed by atoms with E-state index in [1.165, 1.54) is 0 Å². The topological polar surface area (TPSA) is 34.1 Å². The van der Waals surface area contributed by atoms with Crippen LogP contribution in [0.25, 0.3) is 0 Å². The molecule has 0 amide bonds. The molecule has 0 aliphatic heterocycles. The normalized spacial score (nSPS) is 10.9. The second-order valence-corrected chi connectivity index (χ2v) is 6.09. The molecule has 4 heteroatoms. The standard InChI is InChI=1S/C17H22N2OS/c1-13(2)11-18-12-14-7-6-10-17(19-14)20-15-8-4-5-9-16(15)21-3/h4-10,13,18H,11-12H2,1-3H3. The van der Waals surface area contributed by atoms with E-state index < -0.39 is 0 Å². The van der Waals surface area contributed by atoms with Gasteiger partial charge in [-0.25, -0.2) is 4.98 Å². The Balaban J connectivity index is 2.03. The van der Waals surface area contributed by atoms with Crippen molar-refractivity contribution in [3.63, 3.8) is 0 Å². The van der Waals surface area contributed by atoms with E-state index in [0.29, 0.717) is 11.8 Å². The highest BCUT2D eigenvalue weighted by Crippen LogP contribution is 2.30. The third-order valence-corrected chi connectivity index (χ3v) is 3.70. The van der Waals surface area contributed by atoms with Gasteiger partial charge in [0.1, 0.15) is 5.75 Å². The number of thioether (sulfide) groups is 1. The van der Waals surface area contributed by atoms with Crippen molar-refractivity contribution in [1.82, 2.24) is 10.3 Å². The molecule has 0 spiro atoms. The van der Waals surface area contributed by atoms with E-state index in [1.807, 2.05) is 48.7 Å². The minimum atomic E-state index is 0.637. The van der Waals surface area contributed by atoms with Crippen molar-refractivity contribution in [1.29, 1.82) is 0 Å². The summed E-state index contributed by atoms with van der Waals surface area (Å²) in [6, 6.07) is 13.9. The molecule has 0 fully saturated rings. The highest BCUT2D eigenvalue weighted by molar-refractivity contribution is 7.98. The van der Waals surface area contributed by atoms with Crippen molar-refractivity contribution in [3.05, 3.63) is 48.2 Å². The number of hydrogen-bond acceptors (Lipinski definition) is 4. The maximum atomic E-state index is 5.91. The van der Waals surface area contributed by atoms with Gasteiger partial charge in [0.2, 0.25) is 5.88 Å². The SMILES string of the molecule is CSc1ccccc1Oc1cccc(CNCC(C)C)n1. The number of rotatable bonds is 7. The van der Waals surface area contributed by atoms with Crippen LogP contribution >= 0.6 is 11.8 Å². The van der Waals surface area contributed by atoms with E-state index in [4.69, 9.17) is 4.74 Å². The molecule has 1 aromatic carbocycles. The first kappa shape index (κ1) is 15.9. The predicted molar refractivity (Wildman–Crippen MR) is 89.1 cm³/mol. The number of benzene rings is 1. The molecule has 0 radical (unpaired) electrons. The summed E-state index contributed by atoms with van der Waals surface area (Å²) < 4.78 is 5.91. The van der Waals surface area contributed by atoms with Gasteiger partial charge in [0.25, 0.3) is 0 Å². The molecule has 2 rings (SSSR count). The zero-order valence-corrected chi connectivity index (χ0v) is 13.6. The third-order valence-electron chi connectivity index (χ3n) is 2.92. The summed E-state index contributed by atoms with van der Waals surface area (Å²) in [6.07, 6.45) is 2.04. The summed E-state index contributed by atoms with van der Waals surface area (Å²) in [4.78, 5) is 5.66. The molecule has 1 N–H and O–H groups in total. The molecule has 3 nitrogen and oxygen atoms in total. The monoisotopic (exact) mass is 302 g/mol. The Hall–Kier alpha value is -1.52. The number of para-hydroxylation sites is 1. The quantitative estimate of drug-likeness (QED) is 0.771. The summed E-state index contributed by atoms with van der Waals surface area (Å²) in [7, 11) is 0. The van der Waals surface area contributed by atoms with Crippen molar-refractivity contribution >= 4 is 11.8 Å². The van der Waals surface area contributed by atoms with Crippen LogP contribution in [-0.4, -0.2) is 17.8 Å². The maximum Gasteiger partial charge on any atom is 0.219 e. The van der Waals surface area contributed by atoms with Crippen LogP contribution in [0.2, 0.25) is 0 Å². The fraction of sp³-hybridized carbons (Fsp3) is 0.353. The molecule has 0 unspecified atom stereocenters. The molecule has 0 saturated heterocycles. The smallest absolute Gasteiger partial charge is 0.219 e. The van der Waals surface area contributed by atoms with Crippen LogP contribution in [0.1, 0.15) is 19.5 Å². The molecular formula is C17H22N2OS. The molecule has 1 heterocycles. The second kappa shape index (κ2) is 8.05. The van der Waals surface area contributed by atoms with Crippen LogP contribution < -0.4 is 10.1 Å². The van der Waals surface area contributed by atoms with Crippen LogP contribution in [0.3, 0.4) is 0 Å². The highest BCUT2D eigenvalue weighted by Gasteiger charge is 2.05. The Bertz CT molecular complexity index is 572. The number of nitrogens with one attached hydrogen (secondary N) is 1. The lowest BCUT2D eigenvalue weighted by molar-refractivity contribution is 0.448. The lowest BCUT2D eigenvalue weighted by atomic mass is 10.2. The first-order chi connectivity index (χ1) is 10.2. The van der Waals surface area contributed by atoms with E-state index in [0.717, 1.165) is 29.4 Å². The Labute approximate surface area is 131 Å². The van der Waals surface area contributed by atoms with Gasteiger partial charge >= 0.3 is 0 Å². The largest absolute Gasteiger partial charge is 0.438 e. The van der Waals surface area contributed by atoms with Crippen molar-refractivity contribution in [3.8, 4) is 11.6 Å². The molecule has 0 saturated carbocycles. The van der Waals surface area contributed by atoms with Gasteiger partial charge in [-0.15, -0.1) is 11.8 Å². The average Bonchev–Trinajstić information content (AvgIpc) is 2.48. The summed E-state index contributed by atoms with van der Waals surface area (Å²) >= 11 is 1.67. The van der Waals surface area contributed by atoms with Gasteiger partial charge < -0.3 is 10.1 Å². The third kappa shape index (κ3) is 5.06. The van der Waals surface area contributed by atoms with Crippen LogP contribution in [0.5, 0.6) is 11.6 Å². The number of aromatic nitrogens is 1. The van der Waals surface area contributed by atoms with E-state index >= 15 is 0 Å². The van der Waals surface area contributed by atoms with E-state index in [9.17, 15) is 0 Å². The van der Waals surface area contributed by atoms with Crippen molar-refractivity contribution < 1.29 is 4.74 Å². The van der Waals surface area contributed by atoms with Crippen molar-refractivity contribution in [2.75, 3.05) is 12.8 Å². The van der Waals surface area contributed by atoms with E-state index in [-0.39, 0.29) is 0 Å². The van der Waals surface area contributed by atoms with Gasteiger partial charge in [0.15, 0.2) is 0 Å². The van der Waals surface area contributed by atoms with Crippen LogP contribution in [0.15, 0.2) is 47.4 Å². The molecule has 112 valence electrons. The van der Waals surface area contributed by atoms with Crippen molar-refractivity contribution in [2.45, 2.75) is 25.3 Å². The Morgan fingerprint density at radius 2 is 1.95 bits per heavy atom. The van der Waals surface area contributed by atoms with Gasteiger partial charge in [-0.2, -0.15) is 0 Å². The molecule has 2 aromatic rings. The van der Waals surface area contributed by atoms with Gasteiger partial charge in [0, 0.05) is 17.5 Å². The molecule has 0 bridgehead atoms. The fourth-order valence-corrected chi connectivity index (χ4v) is 2.44. The van der Waals surface area contributed by atoms with Gasteiger partial charge in [0.05, 0.1) is 5.69 Å². The Kier molecular flexibility index (Phi) is 6.08. The first-order valence-electron chi connectivity index (χ1n) is 7.16. The molecule has 0 aliphatic carbocycles. The summed E-state index contributed by atoms with van der Waals surface area (Å²) in [5, 5.41) is 3.39. The van der Waals surface area contributed by atoms with Crippen LogP contribution in [0.4, 0.5) is 0 Å². The zero-order valence-electron chi connectivity index (χ0n) is 12.8. The summed E-state index contributed by atoms with van der Waals surface area (Å²) in [5.74, 6) is 2.13. The van der Waals surface area contributed by atoms with Crippen molar-refractivity contribution in [2.24, 2.45) is 5.92 Å². The first-order valence-corrected chi connectivity index (χ1v) is 8.39.